The maximum atomic E-state index is 2.39. The van der Waals surface area contributed by atoms with Gasteiger partial charge >= 0.3 is 0 Å². The van der Waals surface area contributed by atoms with Crippen LogP contribution in [0.15, 0.2) is 103 Å². The Bertz CT molecular complexity index is 1270. The second kappa shape index (κ2) is 7.80. The molecule has 0 bridgehead atoms. The van der Waals surface area contributed by atoms with Crippen molar-refractivity contribution in [3.05, 3.63) is 109 Å². The van der Waals surface area contributed by atoms with Crippen molar-refractivity contribution in [3.8, 4) is 22.3 Å². The van der Waals surface area contributed by atoms with E-state index in [0.29, 0.717) is 5.92 Å². The monoisotopic (exact) mass is 386 g/mol. The van der Waals surface area contributed by atoms with E-state index in [1.165, 1.54) is 49.4 Å². The number of rotatable bonds is 4. The lowest BCUT2D eigenvalue weighted by Gasteiger charge is -2.18. The maximum absolute atomic E-state index is 2.39. The third-order valence-corrected chi connectivity index (χ3v) is 6.35. The van der Waals surface area contributed by atoms with E-state index in [0.717, 1.165) is 6.42 Å². The number of benzene rings is 5. The van der Waals surface area contributed by atoms with Crippen LogP contribution in [-0.4, -0.2) is 0 Å². The van der Waals surface area contributed by atoms with Gasteiger partial charge < -0.3 is 0 Å². The fourth-order valence-electron chi connectivity index (χ4n) is 4.59. The van der Waals surface area contributed by atoms with Crippen molar-refractivity contribution in [2.75, 3.05) is 0 Å². The van der Waals surface area contributed by atoms with E-state index in [-0.39, 0.29) is 0 Å². The molecule has 0 aliphatic heterocycles. The first kappa shape index (κ1) is 18.6. The van der Waals surface area contributed by atoms with E-state index in [2.05, 4.69) is 117 Å². The van der Waals surface area contributed by atoms with Crippen LogP contribution in [-0.2, 0) is 0 Å². The molecule has 5 aromatic rings. The molecule has 0 radical (unpaired) electrons. The summed E-state index contributed by atoms with van der Waals surface area (Å²) in [5.41, 5.74) is 6.65. The van der Waals surface area contributed by atoms with Crippen molar-refractivity contribution in [3.63, 3.8) is 0 Å². The zero-order valence-corrected chi connectivity index (χ0v) is 17.6. The molecule has 0 N–H and O–H groups in total. The molecule has 0 spiro atoms. The van der Waals surface area contributed by atoms with E-state index in [1.807, 2.05) is 0 Å². The lowest BCUT2D eigenvalue weighted by atomic mass is 9.85. The molecule has 5 rings (SSSR count). The Labute approximate surface area is 178 Å². The summed E-state index contributed by atoms with van der Waals surface area (Å²) in [5.74, 6) is 0.561. The SMILES string of the molecule is CCC(C)c1cccc(-c2c3ccccc3c(-c3ccccc3)c3ccccc23)c1. The summed E-state index contributed by atoms with van der Waals surface area (Å²) in [6.45, 7) is 4.57. The summed E-state index contributed by atoms with van der Waals surface area (Å²) in [7, 11) is 0. The van der Waals surface area contributed by atoms with Gasteiger partial charge in [-0.2, -0.15) is 0 Å². The van der Waals surface area contributed by atoms with Gasteiger partial charge in [0, 0.05) is 0 Å². The summed E-state index contributed by atoms with van der Waals surface area (Å²) in [4.78, 5) is 0. The fourth-order valence-corrected chi connectivity index (χ4v) is 4.59. The molecule has 1 unspecified atom stereocenters. The second-order valence-corrected chi connectivity index (χ2v) is 8.14. The van der Waals surface area contributed by atoms with Gasteiger partial charge in [-0.3, -0.25) is 0 Å². The first-order chi connectivity index (χ1) is 14.8. The van der Waals surface area contributed by atoms with Crippen LogP contribution in [0, 0.1) is 0 Å². The smallest absolute Gasteiger partial charge is 0.00263 e. The molecule has 0 nitrogen and oxygen atoms in total. The Hall–Kier alpha value is -3.38. The number of hydrogen-bond acceptors (Lipinski definition) is 0. The van der Waals surface area contributed by atoms with Crippen molar-refractivity contribution in [2.24, 2.45) is 0 Å². The minimum absolute atomic E-state index is 0.561. The van der Waals surface area contributed by atoms with Crippen molar-refractivity contribution < 1.29 is 0 Å². The molecule has 0 fully saturated rings. The fraction of sp³-hybridized carbons (Fsp3) is 0.133. The first-order valence-electron chi connectivity index (χ1n) is 10.9. The van der Waals surface area contributed by atoms with Gasteiger partial charge in [0.25, 0.3) is 0 Å². The van der Waals surface area contributed by atoms with E-state index in [1.54, 1.807) is 0 Å². The lowest BCUT2D eigenvalue weighted by Crippen LogP contribution is -1.94. The summed E-state index contributed by atoms with van der Waals surface area (Å²) < 4.78 is 0. The molecule has 30 heavy (non-hydrogen) atoms. The van der Waals surface area contributed by atoms with Gasteiger partial charge in [0.15, 0.2) is 0 Å². The Balaban J connectivity index is 1.91. The van der Waals surface area contributed by atoms with Gasteiger partial charge in [-0.25, -0.2) is 0 Å². The maximum Gasteiger partial charge on any atom is -0.00263 e. The molecule has 0 amide bonds. The second-order valence-electron chi connectivity index (χ2n) is 8.14. The predicted molar refractivity (Wildman–Crippen MR) is 131 cm³/mol. The molecule has 0 heteroatoms. The van der Waals surface area contributed by atoms with Gasteiger partial charge in [-0.1, -0.05) is 117 Å². The molecular weight excluding hydrogens is 360 g/mol. The van der Waals surface area contributed by atoms with Gasteiger partial charge in [-0.15, -0.1) is 0 Å². The Morgan fingerprint density at radius 1 is 0.533 bits per heavy atom. The third kappa shape index (κ3) is 3.09. The van der Waals surface area contributed by atoms with Gasteiger partial charge in [0.2, 0.25) is 0 Å². The van der Waals surface area contributed by atoms with Crippen molar-refractivity contribution >= 4 is 21.5 Å². The van der Waals surface area contributed by atoms with Crippen LogP contribution in [0.2, 0.25) is 0 Å². The van der Waals surface area contributed by atoms with E-state index >= 15 is 0 Å². The molecule has 0 heterocycles. The quantitative estimate of drug-likeness (QED) is 0.271. The molecule has 0 aliphatic rings. The molecule has 146 valence electrons. The third-order valence-electron chi connectivity index (χ3n) is 6.35. The number of hydrogen-bond donors (Lipinski definition) is 0. The van der Waals surface area contributed by atoms with Crippen molar-refractivity contribution in [2.45, 2.75) is 26.2 Å². The van der Waals surface area contributed by atoms with Crippen LogP contribution < -0.4 is 0 Å². The Kier molecular flexibility index (Phi) is 4.85. The van der Waals surface area contributed by atoms with Gasteiger partial charge in [0.1, 0.15) is 0 Å². The Morgan fingerprint density at radius 3 is 1.53 bits per heavy atom. The topological polar surface area (TPSA) is 0 Å². The lowest BCUT2D eigenvalue weighted by molar-refractivity contribution is 0.734. The molecular formula is C30H26. The zero-order valence-electron chi connectivity index (χ0n) is 17.6. The van der Waals surface area contributed by atoms with Crippen LogP contribution in [0.25, 0.3) is 43.8 Å². The van der Waals surface area contributed by atoms with E-state index < -0.39 is 0 Å². The van der Waals surface area contributed by atoms with Crippen LogP contribution in [0.4, 0.5) is 0 Å². The highest BCUT2D eigenvalue weighted by molar-refractivity contribution is 6.21. The van der Waals surface area contributed by atoms with E-state index in [9.17, 15) is 0 Å². The van der Waals surface area contributed by atoms with Crippen LogP contribution >= 0.6 is 0 Å². The summed E-state index contributed by atoms with van der Waals surface area (Å²) in [6.07, 6.45) is 1.15. The van der Waals surface area contributed by atoms with Crippen LogP contribution in [0.1, 0.15) is 31.7 Å². The van der Waals surface area contributed by atoms with Gasteiger partial charge in [0.05, 0.1) is 0 Å². The average molecular weight is 387 g/mol. The van der Waals surface area contributed by atoms with Gasteiger partial charge in [-0.05, 0) is 61.7 Å². The zero-order chi connectivity index (χ0) is 20.5. The Morgan fingerprint density at radius 2 is 1.00 bits per heavy atom. The highest BCUT2D eigenvalue weighted by Crippen LogP contribution is 2.43. The predicted octanol–water partition coefficient (Wildman–Crippen LogP) is 8.84. The molecule has 0 aliphatic carbocycles. The number of fused-ring (bicyclic) bond motifs is 2. The largest absolute Gasteiger partial charge is 0.0648 e. The summed E-state index contributed by atoms with van der Waals surface area (Å²) >= 11 is 0. The van der Waals surface area contributed by atoms with Crippen molar-refractivity contribution in [1.82, 2.24) is 0 Å². The molecule has 0 aromatic heterocycles. The minimum atomic E-state index is 0.561. The normalized spacial score (nSPS) is 12.3. The summed E-state index contributed by atoms with van der Waals surface area (Å²) in [6, 6.07) is 37.6. The van der Waals surface area contributed by atoms with E-state index in [4.69, 9.17) is 0 Å². The highest BCUT2D eigenvalue weighted by Gasteiger charge is 2.16. The standard InChI is InChI=1S/C30H26/c1-3-21(2)23-14-11-15-24(20-23)30-27-18-9-7-16-25(27)29(22-12-5-4-6-13-22)26-17-8-10-19-28(26)30/h4-21H,3H2,1-2H3. The molecule has 5 aromatic carbocycles. The van der Waals surface area contributed by atoms with Crippen LogP contribution in [0.5, 0.6) is 0 Å². The van der Waals surface area contributed by atoms with Crippen molar-refractivity contribution in [1.29, 1.82) is 0 Å². The highest BCUT2D eigenvalue weighted by atomic mass is 14.2. The molecule has 0 saturated heterocycles. The average Bonchev–Trinajstić information content (AvgIpc) is 2.82. The van der Waals surface area contributed by atoms with Crippen LogP contribution in [0.3, 0.4) is 0 Å². The molecule has 1 atom stereocenters. The first-order valence-corrected chi connectivity index (χ1v) is 10.9. The summed E-state index contributed by atoms with van der Waals surface area (Å²) in [5, 5.41) is 5.25. The minimum Gasteiger partial charge on any atom is -0.0648 e. The molecule has 0 saturated carbocycles.